The van der Waals surface area contributed by atoms with Gasteiger partial charge in [0.2, 0.25) is 11.7 Å². The van der Waals surface area contributed by atoms with Gasteiger partial charge in [0.15, 0.2) is 5.78 Å². The van der Waals surface area contributed by atoms with Crippen LogP contribution in [0, 0.1) is 5.92 Å². The standard InChI is InChI=1S/C13H25N3O3/c1-8(2)11(12(18)9(3)17)16-13(19)10(15)6-4-5-7-14/h8,10-11H,4-7,14-15H2,1-3H3,(H,16,19)/t10-,11?/m0/s1. The monoisotopic (exact) mass is 271 g/mol. The number of nitrogens with one attached hydrogen (secondary N) is 1. The zero-order chi connectivity index (χ0) is 15.0. The number of amides is 1. The first-order chi connectivity index (χ1) is 8.81. The van der Waals surface area contributed by atoms with Crippen LogP contribution in [0.15, 0.2) is 0 Å². The summed E-state index contributed by atoms with van der Waals surface area (Å²) in [5, 5.41) is 2.56. The molecular formula is C13H25N3O3. The van der Waals surface area contributed by atoms with E-state index in [1.807, 2.05) is 0 Å². The highest BCUT2D eigenvalue weighted by atomic mass is 16.2. The lowest BCUT2D eigenvalue weighted by Gasteiger charge is -2.22. The van der Waals surface area contributed by atoms with Crippen LogP contribution < -0.4 is 16.8 Å². The molecule has 0 heterocycles. The minimum absolute atomic E-state index is 0.156. The summed E-state index contributed by atoms with van der Waals surface area (Å²) in [6, 6.07) is -1.47. The van der Waals surface area contributed by atoms with Crippen LogP contribution in [-0.2, 0) is 14.4 Å². The maximum atomic E-state index is 11.8. The van der Waals surface area contributed by atoms with E-state index in [4.69, 9.17) is 11.5 Å². The molecule has 0 spiro atoms. The molecular weight excluding hydrogens is 246 g/mol. The first kappa shape index (κ1) is 17.7. The highest BCUT2D eigenvalue weighted by Gasteiger charge is 2.28. The Morgan fingerprint density at radius 3 is 2.16 bits per heavy atom. The Balaban J connectivity index is 4.47. The summed E-state index contributed by atoms with van der Waals surface area (Å²) < 4.78 is 0. The van der Waals surface area contributed by atoms with E-state index in [-0.39, 0.29) is 5.92 Å². The van der Waals surface area contributed by atoms with Crippen molar-refractivity contribution in [2.75, 3.05) is 6.54 Å². The van der Waals surface area contributed by atoms with Gasteiger partial charge < -0.3 is 16.8 Å². The van der Waals surface area contributed by atoms with Crippen molar-refractivity contribution in [2.24, 2.45) is 17.4 Å². The summed E-state index contributed by atoms with van der Waals surface area (Å²) >= 11 is 0. The van der Waals surface area contributed by atoms with Crippen LogP contribution in [0.1, 0.15) is 40.0 Å². The molecule has 0 aromatic heterocycles. The minimum Gasteiger partial charge on any atom is -0.344 e. The number of carbonyl (C=O) groups excluding carboxylic acids is 3. The summed E-state index contributed by atoms with van der Waals surface area (Å²) in [5.41, 5.74) is 11.1. The molecule has 19 heavy (non-hydrogen) atoms. The Kier molecular flexibility index (Phi) is 8.18. The topological polar surface area (TPSA) is 115 Å². The van der Waals surface area contributed by atoms with Crippen LogP contribution in [0.3, 0.4) is 0 Å². The van der Waals surface area contributed by atoms with Crippen LogP contribution in [0.4, 0.5) is 0 Å². The third kappa shape index (κ3) is 6.45. The van der Waals surface area contributed by atoms with Gasteiger partial charge in [-0.3, -0.25) is 14.4 Å². The van der Waals surface area contributed by atoms with Crippen LogP contribution in [0.25, 0.3) is 0 Å². The first-order valence-corrected chi connectivity index (χ1v) is 6.62. The van der Waals surface area contributed by atoms with E-state index in [9.17, 15) is 14.4 Å². The maximum Gasteiger partial charge on any atom is 0.237 e. The van der Waals surface area contributed by atoms with E-state index in [0.29, 0.717) is 13.0 Å². The predicted molar refractivity (Wildman–Crippen MR) is 73.3 cm³/mol. The molecule has 0 aliphatic carbocycles. The molecule has 0 aromatic rings. The van der Waals surface area contributed by atoms with E-state index in [0.717, 1.165) is 12.8 Å². The summed E-state index contributed by atoms with van der Waals surface area (Å²) in [6.45, 7) is 5.30. The zero-order valence-corrected chi connectivity index (χ0v) is 11.9. The van der Waals surface area contributed by atoms with Gasteiger partial charge in [-0.25, -0.2) is 0 Å². The molecule has 0 radical (unpaired) electrons. The van der Waals surface area contributed by atoms with Gasteiger partial charge in [-0.2, -0.15) is 0 Å². The highest BCUT2D eigenvalue weighted by Crippen LogP contribution is 2.05. The maximum absolute atomic E-state index is 11.8. The van der Waals surface area contributed by atoms with E-state index >= 15 is 0 Å². The fraction of sp³-hybridized carbons (Fsp3) is 0.769. The third-order valence-corrected chi connectivity index (χ3v) is 2.90. The van der Waals surface area contributed by atoms with Gasteiger partial charge in [0, 0.05) is 6.92 Å². The fourth-order valence-corrected chi connectivity index (χ4v) is 1.65. The summed E-state index contributed by atoms with van der Waals surface area (Å²) in [7, 11) is 0. The van der Waals surface area contributed by atoms with Gasteiger partial charge in [-0.05, 0) is 25.3 Å². The first-order valence-electron chi connectivity index (χ1n) is 6.62. The second-order valence-corrected chi connectivity index (χ2v) is 5.04. The van der Waals surface area contributed by atoms with Crippen molar-refractivity contribution in [3.63, 3.8) is 0 Å². The Morgan fingerprint density at radius 1 is 1.16 bits per heavy atom. The normalized spacial score (nSPS) is 14.0. The van der Waals surface area contributed by atoms with E-state index in [2.05, 4.69) is 5.32 Å². The Labute approximate surface area is 114 Å². The van der Waals surface area contributed by atoms with Gasteiger partial charge in [-0.15, -0.1) is 0 Å². The molecule has 0 aliphatic heterocycles. The molecule has 0 saturated carbocycles. The molecule has 1 amide bonds. The zero-order valence-electron chi connectivity index (χ0n) is 11.9. The molecule has 110 valence electrons. The number of rotatable bonds is 9. The molecule has 0 bridgehead atoms. The third-order valence-electron chi connectivity index (χ3n) is 2.90. The molecule has 0 aromatic carbocycles. The van der Waals surface area contributed by atoms with Crippen LogP contribution in [0.2, 0.25) is 0 Å². The van der Waals surface area contributed by atoms with Crippen molar-refractivity contribution in [1.82, 2.24) is 5.32 Å². The van der Waals surface area contributed by atoms with Gasteiger partial charge in [0.05, 0.1) is 12.1 Å². The molecule has 5 N–H and O–H groups in total. The van der Waals surface area contributed by atoms with Gasteiger partial charge >= 0.3 is 0 Å². The largest absolute Gasteiger partial charge is 0.344 e. The fourth-order valence-electron chi connectivity index (χ4n) is 1.65. The lowest BCUT2D eigenvalue weighted by Crippen LogP contribution is -2.51. The molecule has 6 nitrogen and oxygen atoms in total. The van der Waals surface area contributed by atoms with Gasteiger partial charge in [-0.1, -0.05) is 20.3 Å². The average molecular weight is 271 g/mol. The van der Waals surface area contributed by atoms with E-state index < -0.39 is 29.6 Å². The van der Waals surface area contributed by atoms with Crippen molar-refractivity contribution >= 4 is 17.5 Å². The van der Waals surface area contributed by atoms with Crippen molar-refractivity contribution in [3.8, 4) is 0 Å². The van der Waals surface area contributed by atoms with E-state index in [1.54, 1.807) is 13.8 Å². The lowest BCUT2D eigenvalue weighted by atomic mass is 9.97. The molecule has 6 heteroatoms. The quantitative estimate of drug-likeness (QED) is 0.395. The smallest absolute Gasteiger partial charge is 0.237 e. The lowest BCUT2D eigenvalue weighted by molar-refractivity contribution is -0.138. The predicted octanol–water partition coefficient (Wildman–Crippen LogP) is -0.258. The number of hydrogen-bond donors (Lipinski definition) is 3. The molecule has 2 atom stereocenters. The van der Waals surface area contributed by atoms with Gasteiger partial charge in [0.1, 0.15) is 0 Å². The van der Waals surface area contributed by atoms with Crippen LogP contribution in [0.5, 0.6) is 0 Å². The number of Topliss-reactive ketones (excluding diaryl/α,β-unsaturated/α-hetero) is 2. The van der Waals surface area contributed by atoms with Crippen LogP contribution in [-0.4, -0.2) is 36.1 Å². The Morgan fingerprint density at radius 2 is 1.74 bits per heavy atom. The number of ketones is 2. The number of hydrogen-bond acceptors (Lipinski definition) is 5. The molecule has 0 rings (SSSR count). The van der Waals surface area contributed by atoms with Gasteiger partial charge in [0.25, 0.3) is 0 Å². The molecule has 1 unspecified atom stereocenters. The average Bonchev–Trinajstić information content (AvgIpc) is 2.34. The molecule has 0 fully saturated rings. The summed E-state index contributed by atoms with van der Waals surface area (Å²) in [6.07, 6.45) is 2.08. The van der Waals surface area contributed by atoms with E-state index in [1.165, 1.54) is 6.92 Å². The van der Waals surface area contributed by atoms with Crippen molar-refractivity contribution in [1.29, 1.82) is 0 Å². The highest BCUT2D eigenvalue weighted by molar-refractivity contribution is 6.38. The number of unbranched alkanes of at least 4 members (excludes halogenated alkanes) is 1. The van der Waals surface area contributed by atoms with Crippen molar-refractivity contribution in [3.05, 3.63) is 0 Å². The summed E-state index contributed by atoms with van der Waals surface area (Å²) in [4.78, 5) is 34.6. The minimum atomic E-state index is -0.800. The Hall–Kier alpha value is -1.27. The number of nitrogens with two attached hydrogens (primary N) is 2. The Bertz CT molecular complexity index is 329. The van der Waals surface area contributed by atoms with Crippen molar-refractivity contribution in [2.45, 2.75) is 52.1 Å². The second-order valence-electron chi connectivity index (χ2n) is 5.04. The SMILES string of the molecule is CC(=O)C(=O)C(NC(=O)[C@@H](N)CCCCN)C(C)C. The molecule has 0 aliphatic rings. The molecule has 0 saturated heterocycles. The number of carbonyl (C=O) groups is 3. The van der Waals surface area contributed by atoms with Crippen molar-refractivity contribution < 1.29 is 14.4 Å². The second kappa shape index (κ2) is 8.77. The van der Waals surface area contributed by atoms with Crippen LogP contribution >= 0.6 is 0 Å². The summed E-state index contributed by atoms with van der Waals surface area (Å²) in [5.74, 6) is -1.70.